The van der Waals surface area contributed by atoms with E-state index in [1.807, 2.05) is 43.6 Å². The highest BCUT2D eigenvalue weighted by Gasteiger charge is 2.17. The van der Waals surface area contributed by atoms with Crippen LogP contribution in [0.25, 0.3) is 16.9 Å². The van der Waals surface area contributed by atoms with Crippen LogP contribution in [0, 0.1) is 13.8 Å². The van der Waals surface area contributed by atoms with E-state index in [9.17, 15) is 0 Å². The van der Waals surface area contributed by atoms with Gasteiger partial charge in [-0.1, -0.05) is 0 Å². The highest BCUT2D eigenvalue weighted by molar-refractivity contribution is 9.10. The Morgan fingerprint density at radius 3 is 2.63 bits per heavy atom. The average Bonchev–Trinajstić information content (AvgIpc) is 2.85. The predicted molar refractivity (Wildman–Crippen MR) is 79.0 cm³/mol. The third kappa shape index (κ3) is 1.74. The molecular weight excluding hydrogens is 306 g/mol. The Kier molecular flexibility index (Phi) is 2.63. The fraction of sp³-hybridized carbons (Fsp3) is 0.231. The monoisotopic (exact) mass is 319 g/mol. The van der Waals surface area contributed by atoms with Gasteiger partial charge < -0.3 is 5.73 Å². The zero-order chi connectivity index (χ0) is 13.7. The van der Waals surface area contributed by atoms with Gasteiger partial charge >= 0.3 is 0 Å². The molecule has 0 aliphatic carbocycles. The summed E-state index contributed by atoms with van der Waals surface area (Å²) in [6.45, 7) is 3.97. The molecule has 0 radical (unpaired) electrons. The SMILES string of the molecule is Cc1nn(C)cc1-c1nc2ccc(Br)c(C)n2c1N. The highest BCUT2D eigenvalue weighted by atomic mass is 79.9. The summed E-state index contributed by atoms with van der Waals surface area (Å²) in [4.78, 5) is 4.62. The number of pyridine rings is 1. The first-order valence-corrected chi connectivity index (χ1v) is 6.72. The lowest BCUT2D eigenvalue weighted by molar-refractivity contribution is 0.756. The first-order valence-electron chi connectivity index (χ1n) is 5.92. The Morgan fingerprint density at radius 1 is 1.26 bits per heavy atom. The van der Waals surface area contributed by atoms with Crippen LogP contribution < -0.4 is 5.73 Å². The van der Waals surface area contributed by atoms with Crippen molar-refractivity contribution in [3.8, 4) is 11.3 Å². The van der Waals surface area contributed by atoms with E-state index in [0.717, 1.165) is 32.8 Å². The van der Waals surface area contributed by atoms with Crippen molar-refractivity contribution >= 4 is 27.4 Å². The molecule has 3 aromatic rings. The van der Waals surface area contributed by atoms with E-state index < -0.39 is 0 Å². The average molecular weight is 320 g/mol. The lowest BCUT2D eigenvalue weighted by Gasteiger charge is -2.04. The van der Waals surface area contributed by atoms with Gasteiger partial charge in [0, 0.05) is 29.0 Å². The molecule has 0 unspecified atom stereocenters. The third-order valence-electron chi connectivity index (χ3n) is 3.27. The summed E-state index contributed by atoms with van der Waals surface area (Å²) >= 11 is 3.51. The summed E-state index contributed by atoms with van der Waals surface area (Å²) in [6.07, 6.45) is 1.94. The van der Waals surface area contributed by atoms with Gasteiger partial charge in [0.1, 0.15) is 17.2 Å². The molecule has 0 bridgehead atoms. The van der Waals surface area contributed by atoms with Gasteiger partial charge in [-0.05, 0) is 41.9 Å². The van der Waals surface area contributed by atoms with E-state index in [4.69, 9.17) is 5.73 Å². The minimum atomic E-state index is 0.643. The number of hydrogen-bond donors (Lipinski definition) is 1. The molecule has 3 rings (SSSR count). The Morgan fingerprint density at radius 2 is 2.00 bits per heavy atom. The molecule has 0 atom stereocenters. The Labute approximate surface area is 119 Å². The lowest BCUT2D eigenvalue weighted by atomic mass is 10.2. The molecule has 0 saturated heterocycles. The van der Waals surface area contributed by atoms with Gasteiger partial charge in [-0.15, -0.1) is 0 Å². The molecule has 98 valence electrons. The van der Waals surface area contributed by atoms with Crippen LogP contribution in [-0.2, 0) is 7.05 Å². The number of aromatic nitrogens is 4. The number of nitrogen functional groups attached to an aromatic ring is 1. The molecule has 0 amide bonds. The Balaban J connectivity index is 2.35. The number of halogens is 1. The first kappa shape index (κ1) is 12.2. The first-order chi connectivity index (χ1) is 8.99. The molecule has 19 heavy (non-hydrogen) atoms. The van der Waals surface area contributed by atoms with Gasteiger partial charge in [-0.3, -0.25) is 9.08 Å². The molecule has 6 heteroatoms. The standard InChI is InChI=1S/C13H14BrN5/c1-7-9(6-18(3)17-7)12-13(15)19-8(2)10(14)4-5-11(19)16-12/h4-6H,15H2,1-3H3. The molecule has 0 fully saturated rings. The van der Waals surface area contributed by atoms with Gasteiger partial charge in [-0.2, -0.15) is 5.10 Å². The van der Waals surface area contributed by atoms with Crippen LogP contribution in [0.3, 0.4) is 0 Å². The molecule has 0 spiro atoms. The summed E-state index contributed by atoms with van der Waals surface area (Å²) in [7, 11) is 1.89. The highest BCUT2D eigenvalue weighted by Crippen LogP contribution is 2.30. The minimum absolute atomic E-state index is 0.643. The maximum atomic E-state index is 6.26. The zero-order valence-corrected chi connectivity index (χ0v) is 12.6. The van der Waals surface area contributed by atoms with Crippen molar-refractivity contribution in [3.63, 3.8) is 0 Å². The number of nitrogens with two attached hydrogens (primary N) is 1. The second kappa shape index (κ2) is 4.09. The van der Waals surface area contributed by atoms with Crippen molar-refractivity contribution < 1.29 is 0 Å². The second-order valence-corrected chi connectivity index (χ2v) is 5.46. The number of anilines is 1. The van der Waals surface area contributed by atoms with Crippen molar-refractivity contribution in [2.24, 2.45) is 7.05 Å². The van der Waals surface area contributed by atoms with E-state index in [-0.39, 0.29) is 0 Å². The zero-order valence-electron chi connectivity index (χ0n) is 11.0. The molecule has 3 heterocycles. The molecule has 5 nitrogen and oxygen atoms in total. The Bertz CT molecular complexity index is 784. The van der Waals surface area contributed by atoms with Crippen LogP contribution >= 0.6 is 15.9 Å². The number of imidazole rings is 1. The molecule has 0 aliphatic heterocycles. The number of hydrogen-bond acceptors (Lipinski definition) is 3. The van der Waals surface area contributed by atoms with Crippen LogP contribution in [0.1, 0.15) is 11.4 Å². The maximum Gasteiger partial charge on any atom is 0.139 e. The maximum absolute atomic E-state index is 6.26. The summed E-state index contributed by atoms with van der Waals surface area (Å²) in [5.74, 6) is 0.643. The van der Waals surface area contributed by atoms with Crippen molar-refractivity contribution in [3.05, 3.63) is 34.2 Å². The van der Waals surface area contributed by atoms with Crippen LogP contribution in [0.5, 0.6) is 0 Å². The lowest BCUT2D eigenvalue weighted by Crippen LogP contribution is -1.98. The van der Waals surface area contributed by atoms with E-state index in [2.05, 4.69) is 26.0 Å². The van der Waals surface area contributed by atoms with E-state index >= 15 is 0 Å². The van der Waals surface area contributed by atoms with Crippen molar-refractivity contribution in [2.45, 2.75) is 13.8 Å². The topological polar surface area (TPSA) is 61.1 Å². The second-order valence-electron chi connectivity index (χ2n) is 4.61. The molecule has 2 N–H and O–H groups in total. The smallest absolute Gasteiger partial charge is 0.139 e. The van der Waals surface area contributed by atoms with Crippen LogP contribution in [-0.4, -0.2) is 19.2 Å². The fourth-order valence-corrected chi connectivity index (χ4v) is 2.63. The largest absolute Gasteiger partial charge is 0.383 e. The quantitative estimate of drug-likeness (QED) is 0.750. The van der Waals surface area contributed by atoms with E-state index in [1.165, 1.54) is 0 Å². The Hall–Kier alpha value is -1.82. The number of rotatable bonds is 1. The summed E-state index contributed by atoms with van der Waals surface area (Å²) in [6, 6.07) is 3.93. The van der Waals surface area contributed by atoms with Crippen molar-refractivity contribution in [2.75, 3.05) is 5.73 Å². The number of nitrogens with zero attached hydrogens (tertiary/aromatic N) is 4. The van der Waals surface area contributed by atoms with Gasteiger partial charge in [0.15, 0.2) is 0 Å². The van der Waals surface area contributed by atoms with Crippen LogP contribution in [0.2, 0.25) is 0 Å². The number of aryl methyl sites for hydroxylation is 3. The van der Waals surface area contributed by atoms with Gasteiger partial charge in [0.25, 0.3) is 0 Å². The van der Waals surface area contributed by atoms with Crippen LogP contribution in [0.4, 0.5) is 5.82 Å². The molecule has 0 aliphatic rings. The predicted octanol–water partition coefficient (Wildman–Crippen LogP) is 2.70. The fourth-order valence-electron chi connectivity index (χ4n) is 2.32. The van der Waals surface area contributed by atoms with E-state index in [1.54, 1.807) is 4.68 Å². The van der Waals surface area contributed by atoms with Gasteiger partial charge in [-0.25, -0.2) is 4.98 Å². The van der Waals surface area contributed by atoms with Gasteiger partial charge in [0.05, 0.1) is 5.69 Å². The summed E-state index contributed by atoms with van der Waals surface area (Å²) in [5, 5.41) is 4.34. The number of fused-ring (bicyclic) bond motifs is 1. The minimum Gasteiger partial charge on any atom is -0.383 e. The van der Waals surface area contributed by atoms with Gasteiger partial charge in [0.2, 0.25) is 0 Å². The normalized spacial score (nSPS) is 11.4. The van der Waals surface area contributed by atoms with E-state index in [0.29, 0.717) is 5.82 Å². The molecule has 3 aromatic heterocycles. The van der Waals surface area contributed by atoms with Crippen molar-refractivity contribution in [1.82, 2.24) is 19.2 Å². The van der Waals surface area contributed by atoms with Crippen LogP contribution in [0.15, 0.2) is 22.8 Å². The summed E-state index contributed by atoms with van der Waals surface area (Å²) in [5.41, 5.74) is 10.8. The third-order valence-corrected chi connectivity index (χ3v) is 4.11. The summed E-state index contributed by atoms with van der Waals surface area (Å²) < 4.78 is 4.74. The molecule has 0 saturated carbocycles. The molecular formula is C13H14BrN5. The molecule has 0 aromatic carbocycles. The van der Waals surface area contributed by atoms with Crippen molar-refractivity contribution in [1.29, 1.82) is 0 Å².